The summed E-state index contributed by atoms with van der Waals surface area (Å²) in [4.78, 5) is 11.7. The number of unbranched alkanes of at least 4 members (excludes halogenated alkanes) is 2. The lowest BCUT2D eigenvalue weighted by Gasteiger charge is -2.29. The zero-order chi connectivity index (χ0) is 25.2. The van der Waals surface area contributed by atoms with Gasteiger partial charge < -0.3 is 15.5 Å². The first-order valence-electron chi connectivity index (χ1n) is 13.8. The van der Waals surface area contributed by atoms with Gasteiger partial charge in [-0.2, -0.15) is 4.98 Å². The maximum atomic E-state index is 4.83. The molecule has 0 unspecified atom stereocenters. The number of hydrogen-bond acceptors (Lipinski definition) is 5. The minimum absolute atomic E-state index is 0.444. The summed E-state index contributed by atoms with van der Waals surface area (Å²) in [7, 11) is 4.09. The number of rotatable bonds is 12. The summed E-state index contributed by atoms with van der Waals surface area (Å²) >= 11 is 0. The van der Waals surface area contributed by atoms with E-state index in [4.69, 9.17) is 9.97 Å². The first-order valence-corrected chi connectivity index (χ1v) is 13.8. The molecule has 2 N–H and O–H groups in total. The molecule has 2 aromatic carbocycles. The van der Waals surface area contributed by atoms with Gasteiger partial charge in [-0.15, -0.1) is 0 Å². The van der Waals surface area contributed by atoms with Crippen LogP contribution >= 0.6 is 0 Å². The normalized spacial score (nSPS) is 18.4. The monoisotopic (exact) mass is 485 g/mol. The van der Waals surface area contributed by atoms with Gasteiger partial charge in [0.1, 0.15) is 5.82 Å². The third-order valence-corrected chi connectivity index (χ3v) is 7.24. The van der Waals surface area contributed by atoms with Crippen molar-refractivity contribution in [2.45, 2.75) is 64.3 Å². The van der Waals surface area contributed by atoms with Crippen molar-refractivity contribution in [3.63, 3.8) is 0 Å². The summed E-state index contributed by atoms with van der Waals surface area (Å²) in [5.74, 6) is 2.47. The molecule has 1 aliphatic carbocycles. The molecule has 3 aromatic rings. The Morgan fingerprint density at radius 2 is 1.69 bits per heavy atom. The molecule has 1 fully saturated rings. The van der Waals surface area contributed by atoms with Crippen molar-refractivity contribution < 1.29 is 0 Å². The van der Waals surface area contributed by atoms with E-state index >= 15 is 0 Å². The molecule has 1 aliphatic rings. The van der Waals surface area contributed by atoms with Crippen LogP contribution in [0, 0.1) is 5.92 Å². The highest BCUT2D eigenvalue weighted by Crippen LogP contribution is 2.28. The summed E-state index contributed by atoms with van der Waals surface area (Å²) in [6.07, 6.45) is 12.2. The Kier molecular flexibility index (Phi) is 9.74. The van der Waals surface area contributed by atoms with E-state index in [9.17, 15) is 0 Å². The zero-order valence-electron chi connectivity index (χ0n) is 22.3. The second-order valence-corrected chi connectivity index (χ2v) is 10.4. The number of nitrogens with one attached hydrogen (secondary N) is 2. The van der Waals surface area contributed by atoms with E-state index in [0.29, 0.717) is 6.04 Å². The molecular formula is C31H43N5. The Hall–Kier alpha value is -2.92. The molecule has 4 rings (SSSR count). The number of hydrogen-bond donors (Lipinski definition) is 2. The molecule has 1 heterocycles. The van der Waals surface area contributed by atoms with E-state index < -0.39 is 0 Å². The molecule has 0 saturated heterocycles. The molecule has 1 saturated carbocycles. The molecule has 0 spiro atoms. The molecule has 0 amide bonds. The van der Waals surface area contributed by atoms with Crippen molar-refractivity contribution in [2.75, 3.05) is 37.4 Å². The number of aromatic nitrogens is 2. The second-order valence-electron chi connectivity index (χ2n) is 10.4. The number of benzene rings is 2. The van der Waals surface area contributed by atoms with Gasteiger partial charge in [0, 0.05) is 32.1 Å². The van der Waals surface area contributed by atoms with Crippen molar-refractivity contribution in [3.8, 4) is 0 Å². The standard InChI is InChI=1S/C31H43N5/c1-4-5-7-14-26(21-24-12-8-6-9-13-24)23-32-22-25-17-19-27(20-18-25)33-31-34-29-16-11-10-15-28(29)30(35-31)36(2)3/h6,8-13,15-16,21,25,27,32H,4-5,7,14,17-20,22-23H2,1-3H3,(H,33,34,35)/b26-21+. The van der Waals surface area contributed by atoms with Gasteiger partial charge in [-0.3, -0.25) is 0 Å². The SMILES string of the molecule is CCCCC/C(=C\c1ccccc1)CNCC1CCC(Nc2nc(N(C)C)c3ccccc3n2)CC1. The fraction of sp³-hybridized carbons (Fsp3) is 0.484. The van der Waals surface area contributed by atoms with Gasteiger partial charge in [-0.05, 0) is 68.7 Å². The molecule has 192 valence electrons. The summed E-state index contributed by atoms with van der Waals surface area (Å²) in [5.41, 5.74) is 3.83. The maximum absolute atomic E-state index is 4.83. The Morgan fingerprint density at radius 1 is 0.944 bits per heavy atom. The van der Waals surface area contributed by atoms with E-state index in [1.54, 1.807) is 0 Å². The van der Waals surface area contributed by atoms with Crippen molar-refractivity contribution in [1.29, 1.82) is 0 Å². The predicted molar refractivity (Wildman–Crippen MR) is 155 cm³/mol. The molecule has 0 atom stereocenters. The quantitative estimate of drug-likeness (QED) is 0.273. The molecule has 0 bridgehead atoms. The van der Waals surface area contributed by atoms with Gasteiger partial charge in [0.05, 0.1) is 5.52 Å². The van der Waals surface area contributed by atoms with E-state index in [-0.39, 0.29) is 0 Å². The van der Waals surface area contributed by atoms with Gasteiger partial charge in [-0.25, -0.2) is 4.98 Å². The number of para-hydroxylation sites is 1. The Labute approximate surface area is 217 Å². The number of nitrogens with zero attached hydrogens (tertiary/aromatic N) is 3. The second kappa shape index (κ2) is 13.4. The smallest absolute Gasteiger partial charge is 0.225 e. The van der Waals surface area contributed by atoms with Crippen LogP contribution in [-0.4, -0.2) is 43.2 Å². The van der Waals surface area contributed by atoms with Crippen LogP contribution in [0.3, 0.4) is 0 Å². The summed E-state index contributed by atoms with van der Waals surface area (Å²) in [6.45, 7) is 4.37. The highest BCUT2D eigenvalue weighted by atomic mass is 15.2. The average Bonchev–Trinajstić information content (AvgIpc) is 2.90. The molecule has 5 nitrogen and oxygen atoms in total. The van der Waals surface area contributed by atoms with Gasteiger partial charge in [0.15, 0.2) is 0 Å². The van der Waals surface area contributed by atoms with Gasteiger partial charge >= 0.3 is 0 Å². The summed E-state index contributed by atoms with van der Waals surface area (Å²) < 4.78 is 0. The number of fused-ring (bicyclic) bond motifs is 1. The van der Waals surface area contributed by atoms with Crippen molar-refractivity contribution in [1.82, 2.24) is 15.3 Å². The lowest BCUT2D eigenvalue weighted by molar-refractivity contribution is 0.327. The largest absolute Gasteiger partial charge is 0.362 e. The molecule has 0 radical (unpaired) electrons. The van der Waals surface area contributed by atoms with Crippen molar-refractivity contribution >= 4 is 28.7 Å². The minimum atomic E-state index is 0.444. The minimum Gasteiger partial charge on any atom is -0.362 e. The van der Waals surface area contributed by atoms with Crippen LogP contribution in [0.15, 0.2) is 60.2 Å². The molecule has 1 aromatic heterocycles. The molecule has 0 aliphatic heterocycles. The van der Waals surface area contributed by atoms with Crippen LogP contribution in [0.2, 0.25) is 0 Å². The lowest BCUT2D eigenvalue weighted by Crippen LogP contribution is -2.32. The Bertz CT molecular complexity index is 1100. The first-order chi connectivity index (χ1) is 17.6. The highest BCUT2D eigenvalue weighted by Gasteiger charge is 2.22. The highest BCUT2D eigenvalue weighted by molar-refractivity contribution is 5.90. The van der Waals surface area contributed by atoms with Crippen LogP contribution in [-0.2, 0) is 0 Å². The van der Waals surface area contributed by atoms with E-state index in [1.807, 2.05) is 26.2 Å². The fourth-order valence-electron chi connectivity index (χ4n) is 5.19. The van der Waals surface area contributed by atoms with Crippen LogP contribution in [0.1, 0.15) is 63.9 Å². The Morgan fingerprint density at radius 3 is 2.44 bits per heavy atom. The van der Waals surface area contributed by atoms with Gasteiger partial charge in [0.2, 0.25) is 5.95 Å². The molecular weight excluding hydrogens is 442 g/mol. The van der Waals surface area contributed by atoms with Gasteiger partial charge in [0.25, 0.3) is 0 Å². The van der Waals surface area contributed by atoms with E-state index in [1.165, 1.54) is 62.5 Å². The predicted octanol–water partition coefficient (Wildman–Crippen LogP) is 6.92. The lowest BCUT2D eigenvalue weighted by atomic mass is 9.86. The fourth-order valence-corrected chi connectivity index (χ4v) is 5.19. The van der Waals surface area contributed by atoms with Crippen LogP contribution in [0.4, 0.5) is 11.8 Å². The average molecular weight is 486 g/mol. The third-order valence-electron chi connectivity index (χ3n) is 7.24. The third kappa shape index (κ3) is 7.54. The maximum Gasteiger partial charge on any atom is 0.225 e. The van der Waals surface area contributed by atoms with E-state index in [0.717, 1.165) is 41.7 Å². The Balaban J connectivity index is 1.27. The van der Waals surface area contributed by atoms with E-state index in [2.05, 4.69) is 71.0 Å². The van der Waals surface area contributed by atoms with Crippen LogP contribution in [0.25, 0.3) is 17.0 Å². The first kappa shape index (κ1) is 26.2. The van der Waals surface area contributed by atoms with Gasteiger partial charge in [-0.1, -0.05) is 73.9 Å². The zero-order valence-corrected chi connectivity index (χ0v) is 22.3. The molecule has 36 heavy (non-hydrogen) atoms. The summed E-state index contributed by atoms with van der Waals surface area (Å²) in [6, 6.07) is 19.4. The van der Waals surface area contributed by atoms with Crippen LogP contribution < -0.4 is 15.5 Å². The van der Waals surface area contributed by atoms with Crippen molar-refractivity contribution in [2.24, 2.45) is 5.92 Å². The topological polar surface area (TPSA) is 53.1 Å². The summed E-state index contributed by atoms with van der Waals surface area (Å²) in [5, 5.41) is 8.52. The number of anilines is 2. The van der Waals surface area contributed by atoms with Crippen molar-refractivity contribution in [3.05, 3.63) is 65.7 Å². The van der Waals surface area contributed by atoms with Crippen LogP contribution in [0.5, 0.6) is 0 Å². The molecule has 5 heteroatoms.